The van der Waals surface area contributed by atoms with Crippen molar-refractivity contribution >= 4 is 38.4 Å². The van der Waals surface area contributed by atoms with Gasteiger partial charge in [0.1, 0.15) is 11.6 Å². The van der Waals surface area contributed by atoms with Gasteiger partial charge in [0.15, 0.2) is 0 Å². The zero-order chi connectivity index (χ0) is 22.2. The highest BCUT2D eigenvalue weighted by Gasteiger charge is 2.26. The summed E-state index contributed by atoms with van der Waals surface area (Å²) in [7, 11) is -4.06. The molecule has 0 atom stereocenters. The molecule has 0 saturated heterocycles. The molecular formula is C22H18FN3O4S. The Balaban J connectivity index is 1.78. The number of pyridine rings is 1. The molecule has 4 rings (SSSR count). The second-order valence-corrected chi connectivity index (χ2v) is 8.72. The first-order chi connectivity index (χ1) is 14.8. The van der Waals surface area contributed by atoms with Crippen LogP contribution < -0.4 is 5.32 Å². The smallest absolute Gasteiger partial charge is 0.307 e. The van der Waals surface area contributed by atoms with Crippen LogP contribution in [0.2, 0.25) is 0 Å². The number of halogens is 1. The van der Waals surface area contributed by atoms with Gasteiger partial charge in [0.2, 0.25) is 0 Å². The molecule has 0 saturated carbocycles. The van der Waals surface area contributed by atoms with Gasteiger partial charge in [-0.15, -0.1) is 0 Å². The summed E-state index contributed by atoms with van der Waals surface area (Å²) >= 11 is 0. The van der Waals surface area contributed by atoms with Crippen molar-refractivity contribution in [2.24, 2.45) is 0 Å². The summed E-state index contributed by atoms with van der Waals surface area (Å²) in [6, 6.07) is 15.2. The van der Waals surface area contributed by atoms with E-state index in [1.165, 1.54) is 25.1 Å². The first-order valence-corrected chi connectivity index (χ1v) is 10.8. The topological polar surface area (TPSA) is 101 Å². The number of benzene rings is 2. The molecule has 0 bridgehead atoms. The monoisotopic (exact) mass is 439 g/mol. The van der Waals surface area contributed by atoms with Crippen molar-refractivity contribution < 1.29 is 22.7 Å². The van der Waals surface area contributed by atoms with Gasteiger partial charge in [-0.25, -0.2) is 21.8 Å². The van der Waals surface area contributed by atoms with Gasteiger partial charge in [0.25, 0.3) is 10.0 Å². The molecule has 0 aliphatic carbocycles. The normalized spacial score (nSPS) is 11.5. The minimum atomic E-state index is -4.06. The first-order valence-electron chi connectivity index (χ1n) is 9.32. The number of aliphatic carboxylic acids is 1. The molecule has 31 heavy (non-hydrogen) atoms. The summed E-state index contributed by atoms with van der Waals surface area (Å²) < 4.78 is 41.7. The van der Waals surface area contributed by atoms with Gasteiger partial charge >= 0.3 is 5.97 Å². The molecule has 2 aromatic carbocycles. The Morgan fingerprint density at radius 2 is 1.87 bits per heavy atom. The van der Waals surface area contributed by atoms with Crippen LogP contribution in [-0.4, -0.2) is 28.5 Å². The van der Waals surface area contributed by atoms with Crippen LogP contribution in [0, 0.1) is 12.7 Å². The molecular weight excluding hydrogens is 421 g/mol. The summed E-state index contributed by atoms with van der Waals surface area (Å²) in [5, 5.41) is 12.6. The summed E-state index contributed by atoms with van der Waals surface area (Å²) in [4.78, 5) is 15.5. The fraction of sp³-hybridized carbons (Fsp3) is 0.0909. The van der Waals surface area contributed by atoms with E-state index in [4.69, 9.17) is 0 Å². The molecule has 9 heteroatoms. The third kappa shape index (κ3) is 3.87. The van der Waals surface area contributed by atoms with E-state index >= 15 is 0 Å². The van der Waals surface area contributed by atoms with Crippen LogP contribution in [-0.2, 0) is 21.2 Å². The molecule has 0 spiro atoms. The van der Waals surface area contributed by atoms with E-state index in [0.29, 0.717) is 11.5 Å². The van der Waals surface area contributed by atoms with Gasteiger partial charge in [-0.2, -0.15) is 0 Å². The molecule has 0 unspecified atom stereocenters. The number of carboxylic acids is 1. The third-order valence-electron chi connectivity index (χ3n) is 4.90. The fourth-order valence-corrected chi connectivity index (χ4v) is 5.09. The van der Waals surface area contributed by atoms with Gasteiger partial charge in [0.05, 0.1) is 16.8 Å². The Labute approximate surface area is 177 Å². The minimum absolute atomic E-state index is 0.0188. The standard InChI is InChI=1S/C22H18FN3O4S/c1-14-18(13-22(27)28)19-12-15(23)5-10-20(19)26(14)31(29,30)17-8-6-16(7-9-17)25-21-4-2-3-11-24-21/h2-12H,13H2,1H3,(H,24,25)(H,27,28). The van der Waals surface area contributed by atoms with Crippen LogP contribution in [0.5, 0.6) is 0 Å². The maximum atomic E-state index is 13.8. The van der Waals surface area contributed by atoms with E-state index in [1.54, 1.807) is 30.5 Å². The highest BCUT2D eigenvalue weighted by atomic mass is 32.2. The van der Waals surface area contributed by atoms with Crippen molar-refractivity contribution in [1.82, 2.24) is 8.96 Å². The lowest BCUT2D eigenvalue weighted by molar-refractivity contribution is -0.136. The maximum absolute atomic E-state index is 13.8. The number of anilines is 2. The highest BCUT2D eigenvalue weighted by Crippen LogP contribution is 2.31. The number of hydrogen-bond donors (Lipinski definition) is 2. The number of aromatic nitrogens is 2. The minimum Gasteiger partial charge on any atom is -0.481 e. The van der Waals surface area contributed by atoms with E-state index in [0.717, 1.165) is 16.1 Å². The number of carbonyl (C=O) groups is 1. The first kappa shape index (κ1) is 20.5. The number of rotatable bonds is 6. The SMILES string of the molecule is Cc1c(CC(=O)O)c2cc(F)ccc2n1S(=O)(=O)c1ccc(Nc2ccccn2)cc1. The molecule has 4 aromatic rings. The van der Waals surface area contributed by atoms with Crippen LogP contribution in [0.3, 0.4) is 0 Å². The fourth-order valence-electron chi connectivity index (χ4n) is 3.51. The Hall–Kier alpha value is -3.72. The van der Waals surface area contributed by atoms with Gasteiger partial charge in [-0.05, 0) is 67.1 Å². The lowest BCUT2D eigenvalue weighted by Gasteiger charge is -2.11. The molecule has 0 aliphatic rings. The van der Waals surface area contributed by atoms with Gasteiger partial charge in [-0.3, -0.25) is 4.79 Å². The van der Waals surface area contributed by atoms with Crippen molar-refractivity contribution in [3.05, 3.63) is 83.9 Å². The summed E-state index contributed by atoms with van der Waals surface area (Å²) in [6.45, 7) is 1.52. The van der Waals surface area contributed by atoms with Crippen molar-refractivity contribution in [2.75, 3.05) is 5.32 Å². The summed E-state index contributed by atoms with van der Waals surface area (Å²) in [5.74, 6) is -1.09. The largest absolute Gasteiger partial charge is 0.481 e. The number of hydrogen-bond acceptors (Lipinski definition) is 5. The van der Waals surface area contributed by atoms with E-state index in [-0.39, 0.29) is 27.1 Å². The third-order valence-corrected chi connectivity index (χ3v) is 6.72. The van der Waals surface area contributed by atoms with Gasteiger partial charge in [0, 0.05) is 23.0 Å². The Kier molecular flexibility index (Phi) is 5.20. The Bertz CT molecular complexity index is 1380. The van der Waals surface area contributed by atoms with Crippen LogP contribution in [0.15, 0.2) is 71.8 Å². The second-order valence-electron chi connectivity index (χ2n) is 6.93. The maximum Gasteiger partial charge on any atom is 0.307 e. The van der Waals surface area contributed by atoms with E-state index in [1.807, 2.05) is 6.07 Å². The Morgan fingerprint density at radius 3 is 2.52 bits per heavy atom. The molecule has 0 radical (unpaired) electrons. The molecule has 0 aliphatic heterocycles. The number of nitrogens with zero attached hydrogens (tertiary/aromatic N) is 2. The lowest BCUT2D eigenvalue weighted by atomic mass is 10.1. The molecule has 158 valence electrons. The van der Waals surface area contributed by atoms with Crippen LogP contribution >= 0.6 is 0 Å². The highest BCUT2D eigenvalue weighted by molar-refractivity contribution is 7.90. The molecule has 2 N–H and O–H groups in total. The predicted octanol–water partition coefficient (Wildman–Crippen LogP) is 4.09. The molecule has 7 nitrogen and oxygen atoms in total. The van der Waals surface area contributed by atoms with Crippen LogP contribution in [0.25, 0.3) is 10.9 Å². The van der Waals surface area contributed by atoms with Crippen LogP contribution in [0.1, 0.15) is 11.3 Å². The van der Waals surface area contributed by atoms with Crippen LogP contribution in [0.4, 0.5) is 15.9 Å². The van der Waals surface area contributed by atoms with Crippen molar-refractivity contribution in [1.29, 1.82) is 0 Å². The second kappa shape index (κ2) is 7.84. The van der Waals surface area contributed by atoms with Crippen molar-refractivity contribution in [3.63, 3.8) is 0 Å². The quantitative estimate of drug-likeness (QED) is 0.469. The van der Waals surface area contributed by atoms with Gasteiger partial charge in [-0.1, -0.05) is 6.07 Å². The zero-order valence-electron chi connectivity index (χ0n) is 16.4. The molecule has 2 aromatic heterocycles. The van der Waals surface area contributed by atoms with Crippen molar-refractivity contribution in [3.8, 4) is 0 Å². The zero-order valence-corrected chi connectivity index (χ0v) is 17.2. The predicted molar refractivity (Wildman–Crippen MR) is 115 cm³/mol. The van der Waals surface area contributed by atoms with E-state index < -0.39 is 28.2 Å². The molecule has 0 fully saturated rings. The van der Waals surface area contributed by atoms with Crippen molar-refractivity contribution in [2.45, 2.75) is 18.2 Å². The van der Waals surface area contributed by atoms with E-state index in [2.05, 4.69) is 10.3 Å². The number of nitrogens with one attached hydrogen (secondary N) is 1. The van der Waals surface area contributed by atoms with E-state index in [9.17, 15) is 22.7 Å². The lowest BCUT2D eigenvalue weighted by Crippen LogP contribution is -2.15. The van der Waals surface area contributed by atoms with Gasteiger partial charge < -0.3 is 10.4 Å². The Morgan fingerprint density at radius 1 is 1.13 bits per heavy atom. The number of fused-ring (bicyclic) bond motifs is 1. The summed E-state index contributed by atoms with van der Waals surface area (Å²) in [5.41, 5.74) is 1.38. The average Bonchev–Trinajstić information content (AvgIpc) is 3.00. The molecule has 2 heterocycles. The molecule has 0 amide bonds. The number of carboxylic acid groups (broad SMARTS) is 1. The summed E-state index contributed by atoms with van der Waals surface area (Å²) in [6.07, 6.45) is 1.22. The average molecular weight is 439 g/mol.